The minimum Gasteiger partial charge on any atom is -0.467 e. The van der Waals surface area contributed by atoms with Gasteiger partial charge in [-0.1, -0.05) is 6.07 Å². The Balaban J connectivity index is 1.37. The molecule has 28 heavy (non-hydrogen) atoms. The number of benzene rings is 2. The van der Waals surface area contributed by atoms with Gasteiger partial charge in [0.05, 0.1) is 15.8 Å². The normalized spacial score (nSPS) is 12.0. The second kappa shape index (κ2) is 7.35. The monoisotopic (exact) mass is 382 g/mol. The van der Waals surface area contributed by atoms with Crippen molar-refractivity contribution >= 4 is 22.5 Å². The van der Waals surface area contributed by atoms with Crippen LogP contribution in [-0.2, 0) is 11.3 Å². The van der Waals surface area contributed by atoms with E-state index < -0.39 is 4.92 Å². The fourth-order valence-electron chi connectivity index (χ4n) is 2.69. The third-order valence-corrected chi connectivity index (χ3v) is 4.06. The Morgan fingerprint density at radius 2 is 2.04 bits per heavy atom. The molecule has 1 aliphatic heterocycles. The van der Waals surface area contributed by atoms with E-state index in [4.69, 9.17) is 14.2 Å². The summed E-state index contributed by atoms with van der Waals surface area (Å²) in [6.07, 6.45) is 1.23. The van der Waals surface area contributed by atoms with Crippen molar-refractivity contribution in [1.29, 1.82) is 0 Å². The first-order chi connectivity index (χ1) is 13.6. The molecule has 0 aliphatic carbocycles. The highest BCUT2D eigenvalue weighted by Gasteiger charge is 2.14. The minimum absolute atomic E-state index is 0.0846. The van der Waals surface area contributed by atoms with E-state index >= 15 is 0 Å². The van der Waals surface area contributed by atoms with Crippen LogP contribution in [0.15, 0.2) is 42.7 Å². The van der Waals surface area contributed by atoms with Crippen LogP contribution in [0, 0.1) is 10.1 Å². The quantitative estimate of drug-likeness (QED) is 0.506. The van der Waals surface area contributed by atoms with Gasteiger partial charge in [0.2, 0.25) is 12.7 Å². The maximum atomic E-state index is 12.1. The van der Waals surface area contributed by atoms with Crippen LogP contribution in [0.3, 0.4) is 0 Å². The Morgan fingerprint density at radius 1 is 1.18 bits per heavy atom. The highest BCUT2D eigenvalue weighted by Crippen LogP contribution is 2.32. The van der Waals surface area contributed by atoms with Crippen LogP contribution in [0.25, 0.3) is 10.9 Å². The van der Waals surface area contributed by atoms with Crippen molar-refractivity contribution in [1.82, 2.24) is 15.3 Å². The molecule has 10 nitrogen and oxygen atoms in total. The molecule has 4 rings (SSSR count). The van der Waals surface area contributed by atoms with E-state index in [2.05, 4.69) is 15.3 Å². The SMILES string of the molecule is O=C(COc1ncnc2cc([N+](=O)[O-])ccc12)NCc1ccc2c(c1)OCO2. The third kappa shape index (κ3) is 3.61. The number of ether oxygens (including phenoxy) is 3. The molecule has 10 heteroatoms. The van der Waals surface area contributed by atoms with Gasteiger partial charge in [-0.2, -0.15) is 0 Å². The van der Waals surface area contributed by atoms with Crippen LogP contribution < -0.4 is 19.5 Å². The van der Waals surface area contributed by atoms with E-state index in [1.165, 1.54) is 24.5 Å². The van der Waals surface area contributed by atoms with Gasteiger partial charge in [-0.05, 0) is 23.8 Å². The fraction of sp³-hybridized carbons (Fsp3) is 0.167. The van der Waals surface area contributed by atoms with Crippen LogP contribution in [0.4, 0.5) is 5.69 Å². The topological polar surface area (TPSA) is 126 Å². The van der Waals surface area contributed by atoms with Crippen LogP contribution in [0.2, 0.25) is 0 Å². The van der Waals surface area contributed by atoms with Crippen LogP contribution in [0.1, 0.15) is 5.56 Å². The molecule has 1 aromatic heterocycles. The molecule has 2 heterocycles. The number of fused-ring (bicyclic) bond motifs is 2. The molecule has 1 aliphatic rings. The van der Waals surface area contributed by atoms with Crippen molar-refractivity contribution in [2.45, 2.75) is 6.54 Å². The molecule has 0 bridgehead atoms. The summed E-state index contributed by atoms with van der Waals surface area (Å²) in [5, 5.41) is 14.1. The molecule has 0 saturated carbocycles. The maximum absolute atomic E-state index is 12.1. The van der Waals surface area contributed by atoms with Gasteiger partial charge in [0.25, 0.3) is 11.6 Å². The van der Waals surface area contributed by atoms with Gasteiger partial charge in [-0.25, -0.2) is 9.97 Å². The van der Waals surface area contributed by atoms with Gasteiger partial charge >= 0.3 is 0 Å². The average molecular weight is 382 g/mol. The van der Waals surface area contributed by atoms with E-state index in [0.717, 1.165) is 5.56 Å². The lowest BCUT2D eigenvalue weighted by Crippen LogP contribution is -2.28. The molecular weight excluding hydrogens is 368 g/mol. The molecule has 1 amide bonds. The van der Waals surface area contributed by atoms with Crippen molar-refractivity contribution < 1.29 is 23.9 Å². The molecular formula is C18H14N4O6. The zero-order valence-corrected chi connectivity index (χ0v) is 14.5. The third-order valence-electron chi connectivity index (χ3n) is 4.06. The lowest BCUT2D eigenvalue weighted by atomic mass is 10.2. The predicted octanol–water partition coefficient (Wildman–Crippen LogP) is 1.96. The Bertz CT molecular complexity index is 1070. The smallest absolute Gasteiger partial charge is 0.271 e. The summed E-state index contributed by atoms with van der Waals surface area (Å²) < 4.78 is 16.0. The van der Waals surface area contributed by atoms with E-state index in [1.54, 1.807) is 12.1 Å². The van der Waals surface area contributed by atoms with Crippen LogP contribution in [0.5, 0.6) is 17.4 Å². The standard InChI is InChI=1S/C18H14N4O6/c23-17(19-7-11-1-4-15-16(5-11)28-10-27-15)8-26-18-13-3-2-12(22(24)25)6-14(13)20-9-21-18/h1-6,9H,7-8,10H2,(H,19,23). The number of nitrogens with one attached hydrogen (secondary N) is 1. The first-order valence-corrected chi connectivity index (χ1v) is 8.27. The van der Waals surface area contributed by atoms with Gasteiger partial charge in [-0.3, -0.25) is 14.9 Å². The number of aromatic nitrogens is 2. The molecule has 0 radical (unpaired) electrons. The Kier molecular flexibility index (Phi) is 4.58. The van der Waals surface area contributed by atoms with Gasteiger partial charge in [-0.15, -0.1) is 0 Å². The molecule has 3 aromatic rings. The maximum Gasteiger partial charge on any atom is 0.271 e. The Hall–Kier alpha value is -3.95. The number of hydrogen-bond acceptors (Lipinski definition) is 8. The number of nitro groups is 1. The minimum atomic E-state index is -0.508. The molecule has 0 atom stereocenters. The van der Waals surface area contributed by atoms with Gasteiger partial charge in [0.1, 0.15) is 6.33 Å². The van der Waals surface area contributed by atoms with Gasteiger partial charge in [0, 0.05) is 18.7 Å². The largest absolute Gasteiger partial charge is 0.467 e. The first kappa shape index (κ1) is 17.5. The van der Waals surface area contributed by atoms with E-state index in [-0.39, 0.29) is 30.9 Å². The summed E-state index contributed by atoms with van der Waals surface area (Å²) >= 11 is 0. The van der Waals surface area contributed by atoms with E-state index in [1.807, 2.05) is 6.07 Å². The zero-order chi connectivity index (χ0) is 19.5. The summed E-state index contributed by atoms with van der Waals surface area (Å²) in [5.41, 5.74) is 1.14. The van der Waals surface area contributed by atoms with E-state index in [9.17, 15) is 14.9 Å². The number of carbonyl (C=O) groups is 1. The van der Waals surface area contributed by atoms with Crippen molar-refractivity contribution in [3.63, 3.8) is 0 Å². The van der Waals surface area contributed by atoms with Crippen molar-refractivity contribution in [3.8, 4) is 17.4 Å². The average Bonchev–Trinajstić information content (AvgIpc) is 3.18. The van der Waals surface area contributed by atoms with E-state index in [0.29, 0.717) is 28.9 Å². The molecule has 0 fully saturated rings. The molecule has 142 valence electrons. The van der Waals surface area contributed by atoms with Gasteiger partial charge in [0.15, 0.2) is 18.1 Å². The zero-order valence-electron chi connectivity index (χ0n) is 14.5. The number of nitro benzene ring substituents is 1. The molecule has 1 N–H and O–H groups in total. The first-order valence-electron chi connectivity index (χ1n) is 8.27. The second-order valence-corrected chi connectivity index (χ2v) is 5.89. The van der Waals surface area contributed by atoms with Crippen molar-refractivity contribution in [3.05, 3.63) is 58.4 Å². The fourth-order valence-corrected chi connectivity index (χ4v) is 2.69. The molecule has 0 unspecified atom stereocenters. The summed E-state index contributed by atoms with van der Waals surface area (Å²) in [7, 11) is 0. The van der Waals surface area contributed by atoms with Crippen LogP contribution in [-0.4, -0.2) is 34.2 Å². The number of amides is 1. The number of nitrogens with zero attached hydrogens (tertiary/aromatic N) is 3. The van der Waals surface area contributed by atoms with Gasteiger partial charge < -0.3 is 19.5 Å². The predicted molar refractivity (Wildman–Crippen MR) is 96.1 cm³/mol. The summed E-state index contributed by atoms with van der Waals surface area (Å²) in [5.74, 6) is 1.16. The Morgan fingerprint density at radius 3 is 2.89 bits per heavy atom. The number of carbonyl (C=O) groups excluding carboxylic acids is 1. The van der Waals surface area contributed by atoms with Crippen molar-refractivity contribution in [2.24, 2.45) is 0 Å². The highest BCUT2D eigenvalue weighted by molar-refractivity contribution is 5.85. The lowest BCUT2D eigenvalue weighted by molar-refractivity contribution is -0.384. The Labute approximate surface area is 158 Å². The number of non-ortho nitro benzene ring substituents is 1. The summed E-state index contributed by atoms with van der Waals surface area (Å²) in [6.45, 7) is 0.234. The highest BCUT2D eigenvalue weighted by atomic mass is 16.7. The second-order valence-electron chi connectivity index (χ2n) is 5.89. The summed E-state index contributed by atoms with van der Waals surface area (Å²) in [4.78, 5) is 30.4. The lowest BCUT2D eigenvalue weighted by Gasteiger charge is -2.09. The van der Waals surface area contributed by atoms with Crippen molar-refractivity contribution in [2.75, 3.05) is 13.4 Å². The molecule has 0 spiro atoms. The summed E-state index contributed by atoms with van der Waals surface area (Å²) in [6, 6.07) is 9.56. The number of hydrogen-bond donors (Lipinski definition) is 1. The number of rotatable bonds is 6. The molecule has 2 aromatic carbocycles. The molecule has 0 saturated heterocycles. The van der Waals surface area contributed by atoms with Crippen LogP contribution >= 0.6 is 0 Å².